The smallest absolute Gasteiger partial charge is 0.0712 e. The van der Waals surface area contributed by atoms with Crippen LogP contribution in [0, 0.1) is 17.2 Å². The van der Waals surface area contributed by atoms with Gasteiger partial charge in [0.05, 0.1) is 24.7 Å². The Labute approximate surface area is 67.2 Å². The summed E-state index contributed by atoms with van der Waals surface area (Å²) in [5.74, 6) is 0.786. The number of nitriles is 1. The van der Waals surface area contributed by atoms with Gasteiger partial charge in [-0.05, 0) is 25.2 Å². The van der Waals surface area contributed by atoms with Crippen LogP contribution in [0.1, 0.15) is 32.1 Å². The predicted molar refractivity (Wildman–Crippen MR) is 40.8 cm³/mol. The van der Waals surface area contributed by atoms with Crippen LogP contribution >= 0.6 is 0 Å². The van der Waals surface area contributed by atoms with Crippen molar-refractivity contribution in [3.05, 3.63) is 0 Å². The molecular weight excluding hydrogens is 138 g/mol. The van der Waals surface area contributed by atoms with Gasteiger partial charge in [0, 0.05) is 0 Å². The second-order valence-electron chi connectivity index (χ2n) is 3.59. The fourth-order valence-corrected chi connectivity index (χ4v) is 2.33. The van der Waals surface area contributed by atoms with E-state index in [1.165, 1.54) is 19.3 Å². The number of nitrogens with zero attached hydrogens (tertiary/aromatic N) is 1. The Bertz CT molecular complexity index is 172. The second kappa shape index (κ2) is 2.83. The van der Waals surface area contributed by atoms with Crippen molar-refractivity contribution in [1.82, 2.24) is 0 Å². The maximum Gasteiger partial charge on any atom is 0.0712 e. The third-order valence-electron chi connectivity index (χ3n) is 2.84. The molecule has 2 nitrogen and oxygen atoms in total. The lowest BCUT2D eigenvalue weighted by Gasteiger charge is -2.07. The summed E-state index contributed by atoms with van der Waals surface area (Å²) in [6, 6.07) is 2.17. The van der Waals surface area contributed by atoms with Crippen molar-refractivity contribution in [1.29, 1.82) is 5.26 Å². The quantitative estimate of drug-likeness (QED) is 0.573. The summed E-state index contributed by atoms with van der Waals surface area (Å²) in [7, 11) is 0. The monoisotopic (exact) mass is 151 g/mol. The van der Waals surface area contributed by atoms with Gasteiger partial charge < -0.3 is 4.74 Å². The molecular formula is C9H13NO. The molecule has 0 bridgehead atoms. The molecule has 2 heteroatoms. The number of hydrogen-bond donors (Lipinski definition) is 0. The van der Waals surface area contributed by atoms with Crippen LogP contribution in [-0.4, -0.2) is 12.2 Å². The molecule has 0 amide bonds. The minimum atomic E-state index is 0.260. The van der Waals surface area contributed by atoms with E-state index in [-0.39, 0.29) is 6.10 Å². The van der Waals surface area contributed by atoms with Gasteiger partial charge in [-0.2, -0.15) is 5.26 Å². The highest BCUT2D eigenvalue weighted by molar-refractivity contribution is 4.90. The third kappa shape index (κ3) is 1.25. The molecule has 0 spiro atoms. The molecule has 0 radical (unpaired) electrons. The zero-order valence-corrected chi connectivity index (χ0v) is 6.62. The van der Waals surface area contributed by atoms with Crippen LogP contribution in [0.3, 0.4) is 0 Å². The van der Waals surface area contributed by atoms with Crippen LogP contribution in [0.25, 0.3) is 0 Å². The highest BCUT2D eigenvalue weighted by Crippen LogP contribution is 2.39. The largest absolute Gasteiger partial charge is 0.374 e. The summed E-state index contributed by atoms with van der Waals surface area (Å²) in [4.78, 5) is 0. The van der Waals surface area contributed by atoms with Gasteiger partial charge in [0.15, 0.2) is 0 Å². The Balaban J connectivity index is 1.90. The molecule has 2 rings (SSSR count). The Hall–Kier alpha value is -0.550. The van der Waals surface area contributed by atoms with E-state index in [9.17, 15) is 0 Å². The van der Waals surface area contributed by atoms with Gasteiger partial charge in [-0.15, -0.1) is 0 Å². The third-order valence-corrected chi connectivity index (χ3v) is 2.84. The molecule has 0 unspecified atom stereocenters. The Morgan fingerprint density at radius 1 is 1.45 bits per heavy atom. The maximum absolute atomic E-state index is 8.46. The number of fused-ring (bicyclic) bond motifs is 1. The summed E-state index contributed by atoms with van der Waals surface area (Å²) in [5, 5.41) is 8.46. The van der Waals surface area contributed by atoms with Crippen LogP contribution in [0.4, 0.5) is 0 Å². The lowest BCUT2D eigenvalue weighted by atomic mass is 10.0. The summed E-state index contributed by atoms with van der Waals surface area (Å²) < 4.78 is 5.70. The van der Waals surface area contributed by atoms with Gasteiger partial charge in [0.25, 0.3) is 0 Å². The Kier molecular flexibility index (Phi) is 1.83. The second-order valence-corrected chi connectivity index (χ2v) is 3.59. The standard InChI is InChI=1S/C9H13NO/c10-5-4-8-6-7-2-1-3-9(7)11-8/h7-9H,1-4,6H2/t7-,8-,9-/m1/s1. The van der Waals surface area contributed by atoms with Crippen molar-refractivity contribution in [2.75, 3.05) is 0 Å². The van der Waals surface area contributed by atoms with E-state index in [1.807, 2.05) is 0 Å². The summed E-state index contributed by atoms with van der Waals surface area (Å²) >= 11 is 0. The maximum atomic E-state index is 8.46. The van der Waals surface area contributed by atoms with Crippen molar-refractivity contribution in [3.8, 4) is 6.07 Å². The minimum absolute atomic E-state index is 0.260. The number of ether oxygens (including phenoxy) is 1. The zero-order valence-electron chi connectivity index (χ0n) is 6.62. The van der Waals surface area contributed by atoms with E-state index in [0.717, 1.165) is 12.3 Å². The molecule has 2 aliphatic rings. The molecule has 1 heterocycles. The van der Waals surface area contributed by atoms with Crippen molar-refractivity contribution < 1.29 is 4.74 Å². The van der Waals surface area contributed by atoms with Gasteiger partial charge in [-0.25, -0.2) is 0 Å². The van der Waals surface area contributed by atoms with Gasteiger partial charge >= 0.3 is 0 Å². The van der Waals surface area contributed by atoms with Crippen LogP contribution in [0.5, 0.6) is 0 Å². The SMILES string of the molecule is N#CC[C@@H]1C[C@H]2CCC[C@H]2O1. The molecule has 0 aromatic heterocycles. The molecule has 11 heavy (non-hydrogen) atoms. The lowest BCUT2D eigenvalue weighted by Crippen LogP contribution is -2.09. The summed E-state index contributed by atoms with van der Waals surface area (Å²) in [6.07, 6.45) is 6.38. The van der Waals surface area contributed by atoms with E-state index in [2.05, 4.69) is 6.07 Å². The van der Waals surface area contributed by atoms with Gasteiger partial charge in [-0.1, -0.05) is 6.42 Å². The van der Waals surface area contributed by atoms with E-state index >= 15 is 0 Å². The van der Waals surface area contributed by atoms with Crippen molar-refractivity contribution in [2.24, 2.45) is 5.92 Å². The van der Waals surface area contributed by atoms with Crippen LogP contribution in [0.15, 0.2) is 0 Å². The average Bonchev–Trinajstić information content (AvgIpc) is 2.46. The number of rotatable bonds is 1. The Morgan fingerprint density at radius 2 is 2.36 bits per heavy atom. The normalized spacial score (nSPS) is 41.9. The summed E-state index contributed by atoms with van der Waals surface area (Å²) in [6.45, 7) is 0. The highest BCUT2D eigenvalue weighted by atomic mass is 16.5. The number of hydrogen-bond acceptors (Lipinski definition) is 2. The highest BCUT2D eigenvalue weighted by Gasteiger charge is 2.37. The first kappa shape index (κ1) is 7.12. The first-order chi connectivity index (χ1) is 5.40. The average molecular weight is 151 g/mol. The summed E-state index contributed by atoms with van der Waals surface area (Å²) in [5.41, 5.74) is 0. The lowest BCUT2D eigenvalue weighted by molar-refractivity contribution is 0.0438. The fraction of sp³-hybridized carbons (Fsp3) is 0.889. The van der Waals surface area contributed by atoms with E-state index in [4.69, 9.17) is 10.00 Å². The first-order valence-corrected chi connectivity index (χ1v) is 4.42. The molecule has 60 valence electrons. The van der Waals surface area contributed by atoms with Crippen LogP contribution < -0.4 is 0 Å². The van der Waals surface area contributed by atoms with E-state index in [1.54, 1.807) is 0 Å². The van der Waals surface area contributed by atoms with Crippen LogP contribution in [0.2, 0.25) is 0 Å². The molecule has 2 fully saturated rings. The van der Waals surface area contributed by atoms with Gasteiger partial charge in [0.2, 0.25) is 0 Å². The molecule has 3 atom stereocenters. The first-order valence-electron chi connectivity index (χ1n) is 4.42. The topological polar surface area (TPSA) is 33.0 Å². The van der Waals surface area contributed by atoms with Crippen molar-refractivity contribution in [3.63, 3.8) is 0 Å². The molecule has 1 saturated carbocycles. The Morgan fingerprint density at radius 3 is 3.09 bits per heavy atom. The molecule has 0 aromatic carbocycles. The molecule has 1 aliphatic carbocycles. The minimum Gasteiger partial charge on any atom is -0.374 e. The van der Waals surface area contributed by atoms with E-state index < -0.39 is 0 Å². The molecule has 1 aliphatic heterocycles. The molecule has 0 N–H and O–H groups in total. The fourth-order valence-electron chi connectivity index (χ4n) is 2.33. The van der Waals surface area contributed by atoms with Gasteiger partial charge in [-0.3, -0.25) is 0 Å². The molecule has 0 aromatic rings. The van der Waals surface area contributed by atoms with Gasteiger partial charge in [0.1, 0.15) is 0 Å². The molecule has 1 saturated heterocycles. The van der Waals surface area contributed by atoms with E-state index in [0.29, 0.717) is 12.5 Å². The van der Waals surface area contributed by atoms with Crippen LogP contribution in [-0.2, 0) is 4.74 Å². The predicted octanol–water partition coefficient (Wildman–Crippen LogP) is 1.86. The van der Waals surface area contributed by atoms with Crippen molar-refractivity contribution in [2.45, 2.75) is 44.3 Å². The van der Waals surface area contributed by atoms with Crippen molar-refractivity contribution >= 4 is 0 Å². The zero-order chi connectivity index (χ0) is 7.68.